The van der Waals surface area contributed by atoms with Crippen molar-refractivity contribution in [2.24, 2.45) is 0 Å². The maximum absolute atomic E-state index is 13.3. The summed E-state index contributed by atoms with van der Waals surface area (Å²) in [6, 6.07) is 11.4. The summed E-state index contributed by atoms with van der Waals surface area (Å²) >= 11 is 0. The molecule has 2 saturated heterocycles. The summed E-state index contributed by atoms with van der Waals surface area (Å²) in [4.78, 5) is 36.5. The van der Waals surface area contributed by atoms with E-state index in [9.17, 15) is 9.59 Å². The minimum absolute atomic E-state index is 0.0591. The lowest BCUT2D eigenvalue weighted by Crippen LogP contribution is -2.53. The van der Waals surface area contributed by atoms with Crippen LogP contribution in [0.5, 0.6) is 5.75 Å². The lowest BCUT2D eigenvalue weighted by molar-refractivity contribution is -0.136. The van der Waals surface area contributed by atoms with Crippen LogP contribution in [-0.4, -0.2) is 83.9 Å². The van der Waals surface area contributed by atoms with E-state index in [2.05, 4.69) is 22.1 Å². The van der Waals surface area contributed by atoms with Crippen LogP contribution in [0.25, 0.3) is 0 Å². The van der Waals surface area contributed by atoms with Gasteiger partial charge in [0.2, 0.25) is 5.91 Å². The Morgan fingerprint density at radius 3 is 2.61 bits per heavy atom. The molecule has 1 N–H and O–H groups in total. The van der Waals surface area contributed by atoms with Gasteiger partial charge < -0.3 is 19.9 Å². The summed E-state index contributed by atoms with van der Waals surface area (Å²) < 4.78 is 5.41. The van der Waals surface area contributed by atoms with Crippen molar-refractivity contribution in [1.82, 2.24) is 19.7 Å². The number of pyridine rings is 1. The number of benzene rings is 1. The van der Waals surface area contributed by atoms with E-state index in [4.69, 9.17) is 4.74 Å². The van der Waals surface area contributed by atoms with E-state index in [1.165, 1.54) is 6.42 Å². The topological polar surface area (TPSA) is 78.0 Å². The van der Waals surface area contributed by atoms with Gasteiger partial charge in [-0.3, -0.25) is 14.5 Å². The number of piperazine rings is 1. The summed E-state index contributed by atoms with van der Waals surface area (Å²) in [5, 5.41) is 3.24. The summed E-state index contributed by atoms with van der Waals surface area (Å²) in [7, 11) is 1.61. The van der Waals surface area contributed by atoms with Crippen molar-refractivity contribution in [2.75, 3.05) is 51.7 Å². The highest BCUT2D eigenvalue weighted by Gasteiger charge is 2.28. The average Bonchev–Trinajstić information content (AvgIpc) is 2.85. The van der Waals surface area contributed by atoms with E-state index in [0.717, 1.165) is 25.1 Å². The van der Waals surface area contributed by atoms with Crippen LogP contribution in [0.4, 0.5) is 11.5 Å². The largest absolute Gasteiger partial charge is 0.495 e. The van der Waals surface area contributed by atoms with Gasteiger partial charge in [0.15, 0.2) is 0 Å². The summed E-state index contributed by atoms with van der Waals surface area (Å²) in [6.07, 6.45) is 5.05. The Bertz CT molecular complexity index is 974. The third-order valence-electron chi connectivity index (χ3n) is 6.54. The highest BCUT2D eigenvalue weighted by atomic mass is 16.5. The van der Waals surface area contributed by atoms with E-state index in [-0.39, 0.29) is 11.8 Å². The maximum Gasteiger partial charge on any atom is 0.257 e. The predicted molar refractivity (Wildman–Crippen MR) is 128 cm³/mol. The molecular formula is C25H33N5O3. The van der Waals surface area contributed by atoms with Gasteiger partial charge in [-0.1, -0.05) is 12.1 Å². The number of hydrogen-bond acceptors (Lipinski definition) is 6. The molecule has 0 spiro atoms. The Morgan fingerprint density at radius 1 is 1.06 bits per heavy atom. The molecule has 2 aromatic rings. The van der Waals surface area contributed by atoms with Crippen LogP contribution < -0.4 is 10.1 Å². The van der Waals surface area contributed by atoms with Crippen molar-refractivity contribution >= 4 is 23.3 Å². The van der Waals surface area contributed by atoms with Crippen molar-refractivity contribution in [1.29, 1.82) is 0 Å². The molecule has 8 nitrogen and oxygen atoms in total. The summed E-state index contributed by atoms with van der Waals surface area (Å²) in [5.74, 6) is 1.33. The van der Waals surface area contributed by atoms with Crippen LogP contribution in [0.15, 0.2) is 42.6 Å². The molecule has 8 heteroatoms. The van der Waals surface area contributed by atoms with E-state index in [0.29, 0.717) is 55.9 Å². The van der Waals surface area contributed by atoms with Crippen LogP contribution in [0, 0.1) is 0 Å². The highest BCUT2D eigenvalue weighted by molar-refractivity contribution is 5.99. The van der Waals surface area contributed by atoms with Gasteiger partial charge in [0.05, 0.1) is 24.9 Å². The van der Waals surface area contributed by atoms with Crippen LogP contribution in [-0.2, 0) is 4.79 Å². The molecule has 0 radical (unpaired) electrons. The number of likely N-dealkylation sites (tertiary alicyclic amines) is 1. The number of anilines is 2. The fourth-order valence-corrected chi connectivity index (χ4v) is 4.58. The number of rotatable bonds is 6. The molecule has 2 aliphatic heterocycles. The van der Waals surface area contributed by atoms with E-state index < -0.39 is 0 Å². The van der Waals surface area contributed by atoms with Gasteiger partial charge in [0.25, 0.3) is 5.91 Å². The van der Waals surface area contributed by atoms with Gasteiger partial charge in [-0.25, -0.2) is 4.98 Å². The van der Waals surface area contributed by atoms with Crippen molar-refractivity contribution < 1.29 is 14.3 Å². The van der Waals surface area contributed by atoms with Gasteiger partial charge >= 0.3 is 0 Å². The molecule has 0 bridgehead atoms. The average molecular weight is 452 g/mol. The van der Waals surface area contributed by atoms with Crippen molar-refractivity contribution in [3.05, 3.63) is 48.2 Å². The third-order valence-corrected chi connectivity index (χ3v) is 6.54. The molecule has 0 saturated carbocycles. The first-order chi connectivity index (χ1) is 16.1. The fourth-order valence-electron chi connectivity index (χ4n) is 4.58. The molecule has 1 unspecified atom stereocenters. The lowest BCUT2D eigenvalue weighted by atomic mass is 10.0. The second kappa shape index (κ2) is 10.7. The first-order valence-electron chi connectivity index (χ1n) is 11.7. The zero-order chi connectivity index (χ0) is 23.2. The Morgan fingerprint density at radius 2 is 1.85 bits per heavy atom. The Labute approximate surface area is 195 Å². The number of nitrogens with zero attached hydrogens (tertiary/aromatic N) is 4. The van der Waals surface area contributed by atoms with E-state index in [1.54, 1.807) is 25.4 Å². The van der Waals surface area contributed by atoms with E-state index >= 15 is 0 Å². The molecule has 33 heavy (non-hydrogen) atoms. The first-order valence-corrected chi connectivity index (χ1v) is 11.7. The number of aromatic nitrogens is 1. The number of hydrogen-bond donors (Lipinski definition) is 1. The molecule has 1 aromatic heterocycles. The number of amides is 2. The molecule has 176 valence electrons. The number of ether oxygens (including phenoxy) is 1. The number of methoxy groups -OCH3 is 1. The Kier molecular flexibility index (Phi) is 7.44. The molecule has 1 aromatic carbocycles. The molecule has 3 heterocycles. The number of nitrogens with one attached hydrogen (secondary N) is 1. The van der Waals surface area contributed by atoms with Gasteiger partial charge in [0.1, 0.15) is 11.6 Å². The Hall–Kier alpha value is -3.13. The van der Waals surface area contributed by atoms with Gasteiger partial charge in [-0.2, -0.15) is 0 Å². The van der Waals surface area contributed by atoms with Crippen molar-refractivity contribution in [3.63, 3.8) is 0 Å². The summed E-state index contributed by atoms with van der Waals surface area (Å²) in [5.41, 5.74) is 1.28. The molecule has 1 atom stereocenters. The van der Waals surface area contributed by atoms with Crippen LogP contribution in [0.1, 0.15) is 36.5 Å². The number of carbonyl (C=O) groups excluding carboxylic acids is 2. The van der Waals surface area contributed by atoms with Crippen LogP contribution >= 0.6 is 0 Å². The van der Waals surface area contributed by atoms with Gasteiger partial charge in [0, 0.05) is 45.0 Å². The molecule has 2 aliphatic rings. The zero-order valence-corrected chi connectivity index (χ0v) is 19.5. The smallest absolute Gasteiger partial charge is 0.257 e. The molecule has 0 aliphatic carbocycles. The zero-order valence-electron chi connectivity index (χ0n) is 19.5. The number of carbonyl (C=O) groups is 2. The predicted octanol–water partition coefficient (Wildman–Crippen LogP) is 2.99. The monoisotopic (exact) mass is 451 g/mol. The maximum atomic E-state index is 13.3. The quantitative estimate of drug-likeness (QED) is 0.728. The van der Waals surface area contributed by atoms with Crippen molar-refractivity contribution in [3.8, 4) is 5.75 Å². The van der Waals surface area contributed by atoms with Crippen molar-refractivity contribution in [2.45, 2.75) is 32.2 Å². The third kappa shape index (κ3) is 5.45. The van der Waals surface area contributed by atoms with Gasteiger partial charge in [-0.05, 0) is 50.5 Å². The number of para-hydroxylation sites is 2. The fraction of sp³-hybridized carbons (Fsp3) is 0.480. The second-order valence-corrected chi connectivity index (χ2v) is 8.73. The minimum atomic E-state index is -0.0591. The molecule has 2 amide bonds. The lowest BCUT2D eigenvalue weighted by Gasteiger charge is -2.38. The minimum Gasteiger partial charge on any atom is -0.495 e. The standard InChI is InChI=1S/C25H33N5O3/c1-19-8-5-6-13-30(19)23(31)18-28-14-16-29(17-15-28)25(32)20-9-7-12-26-24(20)27-21-10-3-4-11-22(21)33-2/h3-4,7,9-12,19H,5-6,8,13-18H2,1-2H3,(H,26,27). The first kappa shape index (κ1) is 23.0. The second-order valence-electron chi connectivity index (χ2n) is 8.73. The van der Waals surface area contributed by atoms with Crippen LogP contribution in [0.3, 0.4) is 0 Å². The Balaban J connectivity index is 1.37. The van der Waals surface area contributed by atoms with Gasteiger partial charge in [-0.15, -0.1) is 0 Å². The highest BCUT2D eigenvalue weighted by Crippen LogP contribution is 2.28. The molecular weight excluding hydrogens is 418 g/mol. The molecule has 4 rings (SSSR count). The van der Waals surface area contributed by atoms with Crippen LogP contribution in [0.2, 0.25) is 0 Å². The molecule has 2 fully saturated rings. The SMILES string of the molecule is COc1ccccc1Nc1ncccc1C(=O)N1CCN(CC(=O)N2CCCCC2C)CC1. The normalized spacial score (nSPS) is 19.3. The van der Waals surface area contributed by atoms with E-state index in [1.807, 2.05) is 34.1 Å². The number of piperidine rings is 1. The summed E-state index contributed by atoms with van der Waals surface area (Å²) in [6.45, 7) is 5.99.